The van der Waals surface area contributed by atoms with E-state index in [2.05, 4.69) is 10.3 Å². The number of nitrogens with one attached hydrogen (secondary N) is 2. The molecule has 0 aliphatic rings. The number of anilines is 2. The van der Waals surface area contributed by atoms with Crippen LogP contribution in [-0.2, 0) is 0 Å². The molecule has 6 N–H and O–H groups in total. The lowest BCUT2D eigenvalue weighted by Gasteiger charge is -2.11. The van der Waals surface area contributed by atoms with Crippen LogP contribution in [-0.4, -0.2) is 31.0 Å². The van der Waals surface area contributed by atoms with Crippen molar-refractivity contribution in [2.75, 3.05) is 24.3 Å². The molecule has 0 radical (unpaired) electrons. The molecule has 0 unspecified atom stereocenters. The lowest BCUT2D eigenvalue weighted by molar-refractivity contribution is 0.100. The molecule has 3 amide bonds. The van der Waals surface area contributed by atoms with Gasteiger partial charge in [-0.15, -0.1) is 0 Å². The second kappa shape index (κ2) is 4.52. The van der Waals surface area contributed by atoms with E-state index in [9.17, 15) is 9.59 Å². The lowest BCUT2D eigenvalue weighted by atomic mass is 10.1. The summed E-state index contributed by atoms with van der Waals surface area (Å²) in [4.78, 5) is 27.3. The Morgan fingerprint density at radius 2 is 1.95 bits per heavy atom. The van der Waals surface area contributed by atoms with Crippen LogP contribution in [0.2, 0.25) is 0 Å². The third-order valence-corrected chi connectivity index (χ3v) is 2.79. The van der Waals surface area contributed by atoms with Gasteiger partial charge in [-0.3, -0.25) is 10.1 Å². The Bertz CT molecular complexity index is 659. The van der Waals surface area contributed by atoms with E-state index in [1.807, 2.05) is 31.1 Å². The Kier molecular flexibility index (Phi) is 3.04. The largest absolute Gasteiger partial charge is 0.378 e. The number of hydrogen-bond acceptors (Lipinski definition) is 3. The summed E-state index contributed by atoms with van der Waals surface area (Å²) in [6.07, 6.45) is 0. The number of amides is 3. The molecule has 0 spiro atoms. The number of aromatic amines is 1. The summed E-state index contributed by atoms with van der Waals surface area (Å²) < 4.78 is 0. The Labute approximate surface area is 109 Å². The predicted octanol–water partition coefficient (Wildman–Crippen LogP) is 0.823. The van der Waals surface area contributed by atoms with Crippen LogP contribution in [0.5, 0.6) is 0 Å². The van der Waals surface area contributed by atoms with Crippen molar-refractivity contribution in [1.82, 2.24) is 4.98 Å². The highest BCUT2D eigenvalue weighted by Crippen LogP contribution is 2.28. The number of carbonyl (C=O) groups excluding carboxylic acids is 2. The van der Waals surface area contributed by atoms with Crippen LogP contribution in [0.25, 0.3) is 10.9 Å². The zero-order chi connectivity index (χ0) is 14.2. The van der Waals surface area contributed by atoms with E-state index in [-0.39, 0.29) is 11.4 Å². The molecule has 0 fully saturated rings. The number of H-pyrrole nitrogens is 1. The Hall–Kier alpha value is -2.70. The van der Waals surface area contributed by atoms with E-state index >= 15 is 0 Å². The van der Waals surface area contributed by atoms with E-state index < -0.39 is 11.9 Å². The second-order valence-corrected chi connectivity index (χ2v) is 4.35. The minimum Gasteiger partial charge on any atom is -0.378 e. The van der Waals surface area contributed by atoms with Gasteiger partial charge in [0.25, 0.3) is 5.91 Å². The molecular weight excluding hydrogens is 246 g/mol. The molecule has 1 heterocycles. The van der Waals surface area contributed by atoms with Gasteiger partial charge in [-0.2, -0.15) is 0 Å². The predicted molar refractivity (Wildman–Crippen MR) is 74.3 cm³/mol. The standard InChI is InChI=1S/C12H15N5O2/c1-17(2)6-3-4-7-8(5-6)15-11(16-12(14)19)9(7)10(13)18/h3-5,15H,1-2H3,(H2,13,18)(H3,14,16,19). The number of nitrogens with zero attached hydrogens (tertiary/aromatic N) is 1. The zero-order valence-corrected chi connectivity index (χ0v) is 10.7. The SMILES string of the molecule is CN(C)c1ccc2c(C(N)=O)c(NC(N)=O)[nH]c2c1. The maximum Gasteiger partial charge on any atom is 0.317 e. The van der Waals surface area contributed by atoms with Gasteiger partial charge in [0.2, 0.25) is 0 Å². The highest BCUT2D eigenvalue weighted by atomic mass is 16.2. The van der Waals surface area contributed by atoms with Crippen molar-refractivity contribution in [2.45, 2.75) is 0 Å². The van der Waals surface area contributed by atoms with Gasteiger partial charge in [-0.1, -0.05) is 0 Å². The summed E-state index contributed by atoms with van der Waals surface area (Å²) in [5, 5.41) is 3.00. The van der Waals surface area contributed by atoms with Crippen LogP contribution in [0.4, 0.5) is 16.3 Å². The van der Waals surface area contributed by atoms with Crippen LogP contribution in [0.15, 0.2) is 18.2 Å². The second-order valence-electron chi connectivity index (χ2n) is 4.35. The minimum absolute atomic E-state index is 0.214. The molecule has 1 aromatic heterocycles. The van der Waals surface area contributed by atoms with Gasteiger partial charge in [0.1, 0.15) is 5.82 Å². The molecule has 7 heteroatoms. The van der Waals surface area contributed by atoms with Gasteiger partial charge < -0.3 is 21.4 Å². The van der Waals surface area contributed by atoms with Crippen LogP contribution in [0.1, 0.15) is 10.4 Å². The monoisotopic (exact) mass is 261 g/mol. The van der Waals surface area contributed by atoms with E-state index in [0.717, 1.165) is 5.69 Å². The maximum absolute atomic E-state index is 11.5. The number of aromatic nitrogens is 1. The van der Waals surface area contributed by atoms with Crippen molar-refractivity contribution in [3.63, 3.8) is 0 Å². The van der Waals surface area contributed by atoms with Crippen LogP contribution >= 0.6 is 0 Å². The topological polar surface area (TPSA) is 117 Å². The van der Waals surface area contributed by atoms with Gasteiger partial charge in [0, 0.05) is 30.7 Å². The van der Waals surface area contributed by atoms with Crippen molar-refractivity contribution in [3.05, 3.63) is 23.8 Å². The first-order valence-electron chi connectivity index (χ1n) is 5.59. The van der Waals surface area contributed by atoms with Gasteiger partial charge in [-0.25, -0.2) is 4.79 Å². The molecule has 2 rings (SSSR count). The van der Waals surface area contributed by atoms with Gasteiger partial charge in [-0.05, 0) is 18.2 Å². The summed E-state index contributed by atoms with van der Waals surface area (Å²) in [6.45, 7) is 0. The number of fused-ring (bicyclic) bond motifs is 1. The average molecular weight is 261 g/mol. The van der Waals surface area contributed by atoms with Gasteiger partial charge in [0.05, 0.1) is 5.56 Å². The summed E-state index contributed by atoms with van der Waals surface area (Å²) in [5.74, 6) is -0.418. The molecule has 1 aromatic carbocycles. The number of urea groups is 1. The smallest absolute Gasteiger partial charge is 0.317 e. The number of carbonyl (C=O) groups is 2. The fourth-order valence-electron chi connectivity index (χ4n) is 1.94. The quantitative estimate of drug-likeness (QED) is 0.655. The van der Waals surface area contributed by atoms with Gasteiger partial charge in [0.15, 0.2) is 0 Å². The van der Waals surface area contributed by atoms with E-state index in [0.29, 0.717) is 10.9 Å². The number of hydrogen-bond donors (Lipinski definition) is 4. The van der Waals surface area contributed by atoms with Gasteiger partial charge >= 0.3 is 6.03 Å². The molecular formula is C12H15N5O2. The Morgan fingerprint density at radius 3 is 2.47 bits per heavy atom. The van der Waals surface area contributed by atoms with Crippen molar-refractivity contribution in [3.8, 4) is 0 Å². The number of nitrogens with two attached hydrogens (primary N) is 2. The van der Waals surface area contributed by atoms with E-state index in [1.54, 1.807) is 6.07 Å². The molecule has 0 saturated heterocycles. The maximum atomic E-state index is 11.5. The molecule has 0 aliphatic carbocycles. The summed E-state index contributed by atoms with van der Waals surface area (Å²) >= 11 is 0. The van der Waals surface area contributed by atoms with Crippen LogP contribution in [0.3, 0.4) is 0 Å². The zero-order valence-electron chi connectivity index (χ0n) is 10.7. The summed E-state index contributed by atoms with van der Waals surface area (Å²) in [5.41, 5.74) is 12.3. The molecule has 19 heavy (non-hydrogen) atoms. The Morgan fingerprint density at radius 1 is 1.26 bits per heavy atom. The minimum atomic E-state index is -0.762. The first-order valence-corrected chi connectivity index (χ1v) is 5.59. The van der Waals surface area contributed by atoms with Crippen LogP contribution < -0.4 is 21.7 Å². The molecule has 2 aromatic rings. The van der Waals surface area contributed by atoms with Crippen molar-refractivity contribution < 1.29 is 9.59 Å². The average Bonchev–Trinajstić information content (AvgIpc) is 2.64. The fraction of sp³-hybridized carbons (Fsp3) is 0.167. The Balaban J connectivity index is 2.65. The highest BCUT2D eigenvalue weighted by molar-refractivity contribution is 6.13. The van der Waals surface area contributed by atoms with Crippen molar-refractivity contribution >= 4 is 34.3 Å². The molecule has 0 saturated carbocycles. The first-order chi connectivity index (χ1) is 8.90. The normalized spacial score (nSPS) is 10.4. The summed E-state index contributed by atoms with van der Waals surface area (Å²) in [7, 11) is 3.81. The van der Waals surface area contributed by atoms with Crippen molar-refractivity contribution in [1.29, 1.82) is 0 Å². The molecule has 0 aliphatic heterocycles. The van der Waals surface area contributed by atoms with Crippen molar-refractivity contribution in [2.24, 2.45) is 11.5 Å². The fourth-order valence-corrected chi connectivity index (χ4v) is 1.94. The first kappa shape index (κ1) is 12.7. The molecule has 0 atom stereocenters. The lowest BCUT2D eigenvalue weighted by Crippen LogP contribution is -2.22. The summed E-state index contributed by atoms with van der Waals surface area (Å²) in [6, 6.07) is 4.72. The third kappa shape index (κ3) is 2.30. The molecule has 0 bridgehead atoms. The number of rotatable bonds is 3. The van der Waals surface area contributed by atoms with E-state index in [4.69, 9.17) is 11.5 Å². The van der Waals surface area contributed by atoms with E-state index in [1.165, 1.54) is 0 Å². The number of primary amides is 2. The number of benzene rings is 1. The molecule has 100 valence electrons. The highest BCUT2D eigenvalue weighted by Gasteiger charge is 2.17. The molecule has 7 nitrogen and oxygen atoms in total. The van der Waals surface area contributed by atoms with Crippen LogP contribution in [0, 0.1) is 0 Å². The third-order valence-electron chi connectivity index (χ3n) is 2.79.